The van der Waals surface area contributed by atoms with Crippen molar-refractivity contribution in [3.63, 3.8) is 0 Å². The van der Waals surface area contributed by atoms with Crippen molar-refractivity contribution in [3.05, 3.63) is 35.9 Å². The molecule has 7 rings (SSSR count). The summed E-state index contributed by atoms with van der Waals surface area (Å²) in [6.07, 6.45) is 12.1. The van der Waals surface area contributed by atoms with E-state index < -0.39 is 40.3 Å². The van der Waals surface area contributed by atoms with Gasteiger partial charge in [0.2, 0.25) is 17.7 Å². The fourth-order valence-electron chi connectivity index (χ4n) is 7.77. The average molecular weight is 777 g/mol. The quantitative estimate of drug-likeness (QED) is 0.234. The number of rotatable bonds is 9. The molecule has 3 heterocycles. The summed E-state index contributed by atoms with van der Waals surface area (Å²) in [5.74, 6) is 0.564. The van der Waals surface area contributed by atoms with Crippen LogP contribution < -0.4 is 29.6 Å². The molecule has 13 nitrogen and oxygen atoms in total. The summed E-state index contributed by atoms with van der Waals surface area (Å²) in [5.41, 5.74) is 0.409. The van der Waals surface area contributed by atoms with Crippen molar-refractivity contribution in [2.45, 2.75) is 126 Å². The Morgan fingerprint density at radius 1 is 1.07 bits per heavy atom. The van der Waals surface area contributed by atoms with Crippen LogP contribution in [0.2, 0.25) is 0 Å². The number of carbonyl (C=O) groups excluding carboxylic acids is 4. The van der Waals surface area contributed by atoms with Crippen molar-refractivity contribution in [1.82, 2.24) is 30.1 Å². The summed E-state index contributed by atoms with van der Waals surface area (Å²) in [7, 11) is 4.45. The second-order valence-corrected chi connectivity index (χ2v) is 18.6. The Morgan fingerprint density at radius 3 is 2.55 bits per heavy atom. The van der Waals surface area contributed by atoms with Gasteiger partial charge in [-0.3, -0.25) is 14.4 Å². The Balaban J connectivity index is 1.21. The average Bonchev–Trinajstić information content (AvgIpc) is 4.12. The summed E-state index contributed by atoms with van der Waals surface area (Å²) in [5, 5.41) is 8.92. The molecule has 14 heteroatoms. The van der Waals surface area contributed by atoms with Gasteiger partial charge in [-0.05, 0) is 89.6 Å². The smallest absolute Gasteiger partial charge is 0.317 e. The first-order valence-electron chi connectivity index (χ1n) is 19.8. The minimum atomic E-state index is -1.12. The maximum Gasteiger partial charge on any atom is 0.317 e. The van der Waals surface area contributed by atoms with Gasteiger partial charge in [0, 0.05) is 48.2 Å². The number of hydrogen-bond donors (Lipinski definition) is 3. The zero-order valence-corrected chi connectivity index (χ0v) is 33.8. The number of allylic oxidation sites excluding steroid dienone is 1. The van der Waals surface area contributed by atoms with E-state index >= 15 is 0 Å². The van der Waals surface area contributed by atoms with Gasteiger partial charge < -0.3 is 39.4 Å². The van der Waals surface area contributed by atoms with E-state index in [4.69, 9.17) is 19.2 Å². The number of benzene rings is 1. The third-order valence-electron chi connectivity index (χ3n) is 11.7. The highest BCUT2D eigenvalue weighted by Gasteiger charge is 2.61. The van der Waals surface area contributed by atoms with Crippen LogP contribution in [0.4, 0.5) is 4.79 Å². The molecule has 5 aliphatic rings. The summed E-state index contributed by atoms with van der Waals surface area (Å²) in [6.45, 7) is 6.21. The Morgan fingerprint density at radius 2 is 1.85 bits per heavy atom. The van der Waals surface area contributed by atoms with Gasteiger partial charge in [0.25, 0.3) is 5.91 Å². The fraction of sp³-hybridized carbons (Fsp3) is 0.610. The molecule has 1 aromatic carbocycles. The molecule has 3 N–H and O–H groups in total. The zero-order chi connectivity index (χ0) is 39.1. The van der Waals surface area contributed by atoms with Crippen LogP contribution in [0.5, 0.6) is 17.4 Å². The minimum absolute atomic E-state index is 0.0423. The molecule has 3 aliphatic carbocycles. The highest BCUT2D eigenvalue weighted by Crippen LogP contribution is 2.52. The predicted octanol–water partition coefficient (Wildman–Crippen LogP) is 5.15. The second kappa shape index (κ2) is 15.7. The van der Waals surface area contributed by atoms with E-state index in [1.165, 1.54) is 4.90 Å². The number of hydrogen-bond acceptors (Lipinski definition) is 8. The van der Waals surface area contributed by atoms with E-state index in [0.717, 1.165) is 62.3 Å². The first-order valence-corrected chi connectivity index (χ1v) is 21.1. The molecule has 6 atom stereocenters. The van der Waals surface area contributed by atoms with Gasteiger partial charge in [0.15, 0.2) is 0 Å². The van der Waals surface area contributed by atoms with Crippen LogP contribution in [0, 0.1) is 12.8 Å². The lowest BCUT2D eigenvalue weighted by Crippen LogP contribution is -2.58. The van der Waals surface area contributed by atoms with Gasteiger partial charge >= 0.3 is 6.03 Å². The van der Waals surface area contributed by atoms with Gasteiger partial charge in [0.1, 0.15) is 41.3 Å². The summed E-state index contributed by atoms with van der Waals surface area (Å²) in [4.78, 5) is 64.2. The number of carbonyl (C=O) groups is 4. The molecule has 3 saturated carbocycles. The van der Waals surface area contributed by atoms with E-state index in [2.05, 4.69) is 39.8 Å². The van der Waals surface area contributed by atoms with Crippen molar-refractivity contribution in [3.8, 4) is 17.4 Å². The number of aromatic nitrogens is 1. The van der Waals surface area contributed by atoms with Gasteiger partial charge in [0.05, 0.1) is 19.2 Å². The van der Waals surface area contributed by atoms with E-state index in [9.17, 15) is 19.2 Å². The third-order valence-corrected chi connectivity index (χ3v) is 14.1. The zero-order valence-electron chi connectivity index (χ0n) is 32.9. The van der Waals surface area contributed by atoms with Crippen LogP contribution >= 0.6 is 10.7 Å². The summed E-state index contributed by atoms with van der Waals surface area (Å²) >= 11 is 0. The predicted molar refractivity (Wildman–Crippen MR) is 214 cm³/mol. The molecule has 298 valence electrons. The Hall–Kier alpha value is -4.33. The monoisotopic (exact) mass is 776 g/mol. The lowest BCUT2D eigenvalue weighted by molar-refractivity contribution is -0.141. The first-order chi connectivity index (χ1) is 26.4. The SMILES string of the molecule is C/C=S(/NC(=O)[C@@]12CC1/C=C\CCCCC[C@H](NC(=O)N(C)C)C(=O)N1C[C@H](Oc3cc(OC4CC4)nc4c(C)c(OC)ccc34)C[C@H]1C(=O)N2)C1(C)CC1. The van der Waals surface area contributed by atoms with E-state index in [1.807, 2.05) is 26.0 Å². The van der Waals surface area contributed by atoms with E-state index in [1.54, 1.807) is 32.2 Å². The van der Waals surface area contributed by atoms with Crippen molar-refractivity contribution in [2.75, 3.05) is 27.7 Å². The Bertz CT molecular complexity index is 1910. The molecule has 0 bridgehead atoms. The van der Waals surface area contributed by atoms with Crippen LogP contribution in [0.1, 0.15) is 90.0 Å². The van der Waals surface area contributed by atoms with Crippen LogP contribution in [-0.2, 0) is 14.4 Å². The number of nitrogens with zero attached hydrogens (tertiary/aromatic N) is 3. The summed E-state index contributed by atoms with van der Waals surface area (Å²) < 4.78 is 21.8. The number of methoxy groups -OCH3 is 1. The molecular weight excluding hydrogens is 721 g/mol. The lowest BCUT2D eigenvalue weighted by Gasteiger charge is -2.30. The van der Waals surface area contributed by atoms with Crippen molar-refractivity contribution < 1.29 is 33.4 Å². The molecule has 0 spiro atoms. The lowest BCUT2D eigenvalue weighted by atomic mass is 10.0. The summed E-state index contributed by atoms with van der Waals surface area (Å²) in [6, 6.07) is 3.40. The normalized spacial score (nSPS) is 28.7. The molecule has 4 fully saturated rings. The van der Waals surface area contributed by atoms with Crippen molar-refractivity contribution >= 4 is 50.7 Å². The Kier molecular flexibility index (Phi) is 11.1. The number of ether oxygens (including phenoxy) is 3. The maximum atomic E-state index is 14.6. The maximum absolute atomic E-state index is 14.6. The van der Waals surface area contributed by atoms with Gasteiger partial charge in [-0.2, -0.15) is 0 Å². The number of pyridine rings is 1. The molecule has 2 unspecified atom stereocenters. The second-order valence-electron chi connectivity index (χ2n) is 16.2. The topological polar surface area (TPSA) is 151 Å². The molecule has 1 aromatic heterocycles. The number of nitrogens with one attached hydrogen (secondary N) is 3. The number of urea groups is 1. The van der Waals surface area contributed by atoms with Crippen LogP contribution in [-0.4, -0.2) is 106 Å². The van der Waals surface area contributed by atoms with E-state index in [-0.39, 0.29) is 47.6 Å². The van der Waals surface area contributed by atoms with Crippen molar-refractivity contribution in [1.29, 1.82) is 0 Å². The van der Waals surface area contributed by atoms with Crippen LogP contribution in [0.15, 0.2) is 30.4 Å². The molecule has 55 heavy (non-hydrogen) atoms. The number of aryl methyl sites for hydroxylation is 1. The van der Waals surface area contributed by atoms with E-state index in [0.29, 0.717) is 35.7 Å². The van der Waals surface area contributed by atoms with Crippen LogP contribution in [0.25, 0.3) is 10.9 Å². The Labute approximate surface area is 326 Å². The van der Waals surface area contributed by atoms with Gasteiger partial charge in [-0.15, -0.1) is 0 Å². The molecular formula is C41H56N6O7S. The molecule has 1 saturated heterocycles. The molecule has 0 radical (unpaired) electrons. The third kappa shape index (κ3) is 8.29. The molecule has 2 aromatic rings. The number of fused-ring (bicyclic) bond motifs is 3. The highest BCUT2D eigenvalue weighted by molar-refractivity contribution is 8.15. The highest BCUT2D eigenvalue weighted by atomic mass is 32.2. The molecule has 5 amide bonds. The number of amides is 5. The van der Waals surface area contributed by atoms with Crippen LogP contribution in [0.3, 0.4) is 0 Å². The van der Waals surface area contributed by atoms with Gasteiger partial charge in [-0.25, -0.2) is 9.78 Å². The minimum Gasteiger partial charge on any atom is -0.496 e. The largest absolute Gasteiger partial charge is 0.496 e. The van der Waals surface area contributed by atoms with Crippen molar-refractivity contribution in [2.24, 2.45) is 5.92 Å². The first kappa shape index (κ1) is 38.9. The molecule has 2 aliphatic heterocycles. The van der Waals surface area contributed by atoms with Gasteiger partial charge in [-0.1, -0.05) is 35.7 Å². The fourth-order valence-corrected chi connectivity index (χ4v) is 9.63. The standard InChI is InChI=1S/C41H56N6O7S/c1-7-55(40(3)19-20-40)45-38(50)41-23-26(41)13-11-9-8-10-12-14-30(42-39(51)46(4)5)37(49)47-24-28(21-31(47)36(48)44-41)53-33-22-34(54-27-15-16-27)43-35-25(2)32(52-6)18-17-29(33)35/h7,11,13,17-18,22,26-28,30-31H,8-10,12,14-16,19-21,23-24H2,1-6H3,(H,42,51)(H,44,48)(H,45,50)/b13-11-/t26?,28-,30+,31+,41-,55?/m1/s1.